The highest BCUT2D eigenvalue weighted by molar-refractivity contribution is 6.33. The van der Waals surface area contributed by atoms with Crippen LogP contribution in [0.5, 0.6) is 0 Å². The molecule has 0 spiro atoms. The molecule has 0 saturated heterocycles. The third kappa shape index (κ3) is 5.79. The molecule has 0 aromatic heterocycles. The van der Waals surface area contributed by atoms with Gasteiger partial charge in [0.15, 0.2) is 6.10 Å². The minimum atomic E-state index is -1.15. The fourth-order valence-corrected chi connectivity index (χ4v) is 2.49. The minimum absolute atomic E-state index is 0.0191. The van der Waals surface area contributed by atoms with Crippen LogP contribution in [0.2, 0.25) is 5.02 Å². The van der Waals surface area contributed by atoms with E-state index in [9.17, 15) is 18.8 Å². The Balaban J connectivity index is 1.91. The summed E-state index contributed by atoms with van der Waals surface area (Å²) in [6.07, 6.45) is -1.15. The van der Waals surface area contributed by atoms with Crippen LogP contribution in [0, 0.1) is 12.7 Å². The number of ether oxygens (including phenoxy) is 1. The molecular formula is C20H20ClFN2O4. The second-order valence-electron chi connectivity index (χ2n) is 6.26. The standard InChI is InChI=1S/C20H20ClFN2O4/c1-11-5-4-6-14(9-11)19(26)23-12(2)20(27)28-13(3)18(25)24-17-8-7-15(22)10-16(17)21/h4-10,12-13H,1-3H3,(H,23,26)(H,24,25)/t12-,13-/m0/s1. The molecule has 0 fully saturated rings. The lowest BCUT2D eigenvalue weighted by Crippen LogP contribution is -2.42. The average Bonchev–Trinajstić information content (AvgIpc) is 2.63. The first kappa shape index (κ1) is 21.4. The van der Waals surface area contributed by atoms with E-state index in [1.54, 1.807) is 18.2 Å². The molecule has 0 aliphatic carbocycles. The number of hydrogen-bond acceptors (Lipinski definition) is 4. The summed E-state index contributed by atoms with van der Waals surface area (Å²) in [5.41, 5.74) is 1.51. The summed E-state index contributed by atoms with van der Waals surface area (Å²) in [5.74, 6) is -2.38. The number of carbonyl (C=O) groups excluding carboxylic acids is 3. The minimum Gasteiger partial charge on any atom is -0.451 e. The number of esters is 1. The first-order valence-electron chi connectivity index (χ1n) is 8.51. The third-order valence-electron chi connectivity index (χ3n) is 3.83. The van der Waals surface area contributed by atoms with Gasteiger partial charge in [0.25, 0.3) is 11.8 Å². The predicted octanol–water partition coefficient (Wildman–Crippen LogP) is 3.48. The lowest BCUT2D eigenvalue weighted by molar-refractivity contribution is -0.154. The fourth-order valence-electron chi connectivity index (χ4n) is 2.28. The van der Waals surface area contributed by atoms with Crippen molar-refractivity contribution in [3.05, 3.63) is 64.4 Å². The number of hydrogen-bond donors (Lipinski definition) is 2. The van der Waals surface area contributed by atoms with Crippen molar-refractivity contribution in [2.45, 2.75) is 32.9 Å². The van der Waals surface area contributed by atoms with Crippen LogP contribution in [0.3, 0.4) is 0 Å². The van der Waals surface area contributed by atoms with Crippen LogP contribution in [-0.4, -0.2) is 29.9 Å². The third-order valence-corrected chi connectivity index (χ3v) is 4.15. The van der Waals surface area contributed by atoms with E-state index < -0.39 is 35.7 Å². The molecule has 2 rings (SSSR count). The molecule has 0 aliphatic heterocycles. The van der Waals surface area contributed by atoms with Gasteiger partial charge in [0.2, 0.25) is 0 Å². The van der Waals surface area contributed by atoms with Gasteiger partial charge in [-0.15, -0.1) is 0 Å². The van der Waals surface area contributed by atoms with E-state index >= 15 is 0 Å². The second kappa shape index (κ2) is 9.32. The molecule has 2 atom stereocenters. The Labute approximate surface area is 167 Å². The number of benzene rings is 2. The first-order chi connectivity index (χ1) is 13.2. The summed E-state index contributed by atoms with van der Waals surface area (Å²) >= 11 is 5.85. The van der Waals surface area contributed by atoms with Crippen LogP contribution < -0.4 is 10.6 Å². The quantitative estimate of drug-likeness (QED) is 0.719. The van der Waals surface area contributed by atoms with E-state index in [4.69, 9.17) is 16.3 Å². The number of carbonyl (C=O) groups is 3. The highest BCUT2D eigenvalue weighted by Crippen LogP contribution is 2.22. The molecule has 6 nitrogen and oxygen atoms in total. The zero-order chi connectivity index (χ0) is 20.8. The Morgan fingerprint density at radius 2 is 1.82 bits per heavy atom. The molecule has 2 aromatic carbocycles. The summed E-state index contributed by atoms with van der Waals surface area (Å²) in [7, 11) is 0. The molecular weight excluding hydrogens is 387 g/mol. The van der Waals surface area contributed by atoms with Crippen LogP contribution in [0.1, 0.15) is 29.8 Å². The van der Waals surface area contributed by atoms with Crippen molar-refractivity contribution in [1.82, 2.24) is 5.32 Å². The second-order valence-corrected chi connectivity index (χ2v) is 6.66. The van der Waals surface area contributed by atoms with Crippen molar-refractivity contribution >= 4 is 35.1 Å². The molecule has 0 aliphatic rings. The lowest BCUT2D eigenvalue weighted by Gasteiger charge is -2.18. The van der Waals surface area contributed by atoms with E-state index in [1.165, 1.54) is 19.9 Å². The van der Waals surface area contributed by atoms with Crippen molar-refractivity contribution < 1.29 is 23.5 Å². The van der Waals surface area contributed by atoms with Gasteiger partial charge in [0.1, 0.15) is 11.9 Å². The molecule has 2 amide bonds. The van der Waals surface area contributed by atoms with E-state index in [-0.39, 0.29) is 10.7 Å². The monoisotopic (exact) mass is 406 g/mol. The van der Waals surface area contributed by atoms with Crippen molar-refractivity contribution in [2.24, 2.45) is 0 Å². The maximum Gasteiger partial charge on any atom is 0.329 e. The summed E-state index contributed by atoms with van der Waals surface area (Å²) in [4.78, 5) is 36.5. The normalized spacial score (nSPS) is 12.6. The Hall–Kier alpha value is -2.93. The first-order valence-corrected chi connectivity index (χ1v) is 8.89. The highest BCUT2D eigenvalue weighted by Gasteiger charge is 2.24. The van der Waals surface area contributed by atoms with Gasteiger partial charge in [-0.1, -0.05) is 29.3 Å². The smallest absolute Gasteiger partial charge is 0.329 e. The molecule has 0 saturated carbocycles. The van der Waals surface area contributed by atoms with E-state index in [0.717, 1.165) is 17.7 Å². The zero-order valence-corrected chi connectivity index (χ0v) is 16.3. The fraction of sp³-hybridized carbons (Fsp3) is 0.250. The summed E-state index contributed by atoms with van der Waals surface area (Å²) in [6.45, 7) is 4.68. The molecule has 2 aromatic rings. The number of amides is 2. The van der Waals surface area contributed by atoms with Crippen LogP contribution >= 0.6 is 11.6 Å². The Morgan fingerprint density at radius 1 is 1.11 bits per heavy atom. The summed E-state index contributed by atoms with van der Waals surface area (Å²) < 4.78 is 18.1. The van der Waals surface area contributed by atoms with Gasteiger partial charge in [0, 0.05) is 5.56 Å². The molecule has 2 N–H and O–H groups in total. The van der Waals surface area contributed by atoms with Gasteiger partial charge in [0.05, 0.1) is 10.7 Å². The Morgan fingerprint density at radius 3 is 2.46 bits per heavy atom. The molecule has 0 radical (unpaired) electrons. The van der Waals surface area contributed by atoms with Gasteiger partial charge < -0.3 is 15.4 Å². The van der Waals surface area contributed by atoms with Crippen molar-refractivity contribution in [3.63, 3.8) is 0 Å². The topological polar surface area (TPSA) is 84.5 Å². The predicted molar refractivity (Wildman–Crippen MR) is 104 cm³/mol. The van der Waals surface area contributed by atoms with E-state index in [0.29, 0.717) is 5.56 Å². The Kier molecular flexibility index (Phi) is 7.12. The van der Waals surface area contributed by atoms with Gasteiger partial charge >= 0.3 is 5.97 Å². The van der Waals surface area contributed by atoms with Crippen molar-refractivity contribution in [3.8, 4) is 0 Å². The van der Waals surface area contributed by atoms with Crippen LogP contribution in [0.4, 0.5) is 10.1 Å². The average molecular weight is 407 g/mol. The Bertz CT molecular complexity index is 904. The van der Waals surface area contributed by atoms with E-state index in [1.807, 2.05) is 13.0 Å². The largest absolute Gasteiger partial charge is 0.451 e. The van der Waals surface area contributed by atoms with Gasteiger partial charge in [-0.2, -0.15) is 0 Å². The van der Waals surface area contributed by atoms with Crippen molar-refractivity contribution in [2.75, 3.05) is 5.32 Å². The SMILES string of the molecule is Cc1cccc(C(=O)N[C@@H](C)C(=O)O[C@@H](C)C(=O)Nc2ccc(F)cc2Cl)c1. The molecule has 0 heterocycles. The maximum absolute atomic E-state index is 13.1. The van der Waals surface area contributed by atoms with Crippen molar-refractivity contribution in [1.29, 1.82) is 0 Å². The maximum atomic E-state index is 13.1. The van der Waals surface area contributed by atoms with E-state index in [2.05, 4.69) is 10.6 Å². The number of halogens is 2. The van der Waals surface area contributed by atoms with Crippen LogP contribution in [0.25, 0.3) is 0 Å². The van der Waals surface area contributed by atoms with Gasteiger partial charge in [-0.3, -0.25) is 9.59 Å². The lowest BCUT2D eigenvalue weighted by atomic mass is 10.1. The molecule has 148 valence electrons. The van der Waals surface area contributed by atoms with Gasteiger partial charge in [-0.05, 0) is 51.1 Å². The zero-order valence-electron chi connectivity index (χ0n) is 15.6. The van der Waals surface area contributed by atoms with Crippen LogP contribution in [0.15, 0.2) is 42.5 Å². The molecule has 0 bridgehead atoms. The molecule has 28 heavy (non-hydrogen) atoms. The summed E-state index contributed by atoms with van der Waals surface area (Å²) in [6, 6.07) is 9.44. The molecule has 8 heteroatoms. The summed E-state index contributed by atoms with van der Waals surface area (Å²) in [5, 5.41) is 5.00. The number of aryl methyl sites for hydroxylation is 1. The highest BCUT2D eigenvalue weighted by atomic mass is 35.5. The number of nitrogens with one attached hydrogen (secondary N) is 2. The number of rotatable bonds is 6. The van der Waals surface area contributed by atoms with Gasteiger partial charge in [-0.25, -0.2) is 9.18 Å². The van der Waals surface area contributed by atoms with Crippen LogP contribution in [-0.2, 0) is 14.3 Å². The molecule has 0 unspecified atom stereocenters. The number of anilines is 1.